The maximum atomic E-state index is 12.3. The van der Waals surface area contributed by atoms with E-state index < -0.39 is 11.9 Å². The van der Waals surface area contributed by atoms with Crippen LogP contribution >= 0.6 is 0 Å². The Morgan fingerprint density at radius 2 is 1.70 bits per heavy atom. The second-order valence-electron chi connectivity index (χ2n) is 5.85. The molecule has 0 aliphatic carbocycles. The molecule has 2 amide bonds. The van der Waals surface area contributed by atoms with E-state index in [0.717, 1.165) is 12.8 Å². The van der Waals surface area contributed by atoms with Crippen LogP contribution < -0.4 is 5.73 Å². The monoisotopic (exact) mass is 284 g/mol. The van der Waals surface area contributed by atoms with Crippen LogP contribution in [-0.2, 0) is 14.4 Å². The number of carbonyl (C=O) groups excluding carboxylic acids is 3. The van der Waals surface area contributed by atoms with Crippen LogP contribution in [0, 0.1) is 11.8 Å². The lowest BCUT2D eigenvalue weighted by molar-refractivity contribution is -0.145. The predicted octanol–water partition coefficient (Wildman–Crippen LogP) is 1.74. The van der Waals surface area contributed by atoms with Crippen LogP contribution in [0.2, 0.25) is 0 Å². The normalized spacial score (nSPS) is 13.9. The number of ketones is 1. The Morgan fingerprint density at radius 3 is 2.10 bits per heavy atom. The van der Waals surface area contributed by atoms with E-state index in [4.69, 9.17) is 5.73 Å². The molecular formula is C15H28N2O3. The molecule has 0 aliphatic heterocycles. The molecule has 0 radical (unpaired) electrons. The zero-order valence-electron chi connectivity index (χ0n) is 13.3. The third kappa shape index (κ3) is 5.72. The van der Waals surface area contributed by atoms with Crippen molar-refractivity contribution < 1.29 is 14.4 Å². The smallest absolute Gasteiger partial charge is 0.247 e. The summed E-state index contributed by atoms with van der Waals surface area (Å²) in [7, 11) is 1.48. The molecule has 5 nitrogen and oxygen atoms in total. The topological polar surface area (TPSA) is 80.5 Å². The minimum atomic E-state index is -1.15. The summed E-state index contributed by atoms with van der Waals surface area (Å²) >= 11 is 0. The van der Waals surface area contributed by atoms with Gasteiger partial charge >= 0.3 is 0 Å². The molecule has 0 spiro atoms. The molecule has 5 heteroatoms. The number of rotatable bonds is 9. The zero-order chi connectivity index (χ0) is 15.9. The number of carbonyl (C=O) groups is 3. The average Bonchev–Trinajstić information content (AvgIpc) is 2.34. The van der Waals surface area contributed by atoms with Gasteiger partial charge in [0, 0.05) is 19.4 Å². The second-order valence-corrected chi connectivity index (χ2v) is 5.85. The van der Waals surface area contributed by atoms with E-state index in [2.05, 4.69) is 0 Å². The molecule has 0 fully saturated rings. The first-order valence-corrected chi connectivity index (χ1v) is 7.31. The van der Waals surface area contributed by atoms with Crippen LogP contribution in [0.5, 0.6) is 0 Å². The van der Waals surface area contributed by atoms with E-state index in [9.17, 15) is 14.4 Å². The Labute approximate surface area is 121 Å². The van der Waals surface area contributed by atoms with Gasteiger partial charge in [0.2, 0.25) is 11.8 Å². The standard InChI is InChI=1S/C15H28N2O3/c1-6-7-8-11(4)14(19)13(15(16)20)17(5)12(18)9-10(2)3/h10-11,13H,6-9H2,1-5H3,(H2,16,20)/t11-,13?/m1/s1. The van der Waals surface area contributed by atoms with Gasteiger partial charge in [-0.2, -0.15) is 0 Å². The Balaban J connectivity index is 4.91. The van der Waals surface area contributed by atoms with Gasteiger partial charge in [0.05, 0.1) is 0 Å². The number of hydrogen-bond acceptors (Lipinski definition) is 3. The van der Waals surface area contributed by atoms with Gasteiger partial charge in [0.25, 0.3) is 0 Å². The van der Waals surface area contributed by atoms with Crippen molar-refractivity contribution in [1.29, 1.82) is 0 Å². The lowest BCUT2D eigenvalue weighted by atomic mass is 9.93. The summed E-state index contributed by atoms with van der Waals surface area (Å²) in [6.45, 7) is 7.66. The molecule has 0 aromatic carbocycles. The number of Topliss-reactive ketones (excluding diaryl/α,β-unsaturated/α-hetero) is 1. The van der Waals surface area contributed by atoms with Crippen LogP contribution in [-0.4, -0.2) is 35.6 Å². The first-order chi connectivity index (χ1) is 9.22. The highest BCUT2D eigenvalue weighted by molar-refractivity contribution is 6.07. The summed E-state index contributed by atoms with van der Waals surface area (Å²) in [6, 6.07) is -1.15. The molecule has 0 heterocycles. The number of primary amides is 1. The van der Waals surface area contributed by atoms with Crippen molar-refractivity contribution in [2.75, 3.05) is 7.05 Å². The Hall–Kier alpha value is -1.39. The highest BCUT2D eigenvalue weighted by Gasteiger charge is 2.34. The summed E-state index contributed by atoms with van der Waals surface area (Å²) in [6.07, 6.45) is 2.92. The van der Waals surface area contributed by atoms with Crippen LogP contribution in [0.3, 0.4) is 0 Å². The number of hydrogen-bond donors (Lipinski definition) is 1. The van der Waals surface area contributed by atoms with Crippen molar-refractivity contribution in [2.45, 2.75) is 59.4 Å². The van der Waals surface area contributed by atoms with Gasteiger partial charge in [-0.05, 0) is 12.3 Å². The molecule has 0 aromatic rings. The van der Waals surface area contributed by atoms with Gasteiger partial charge in [-0.25, -0.2) is 0 Å². The van der Waals surface area contributed by atoms with Crippen molar-refractivity contribution in [3.63, 3.8) is 0 Å². The Kier molecular flexibility index (Phi) is 8.11. The molecule has 0 saturated heterocycles. The molecule has 116 valence electrons. The van der Waals surface area contributed by atoms with Crippen LogP contribution in [0.4, 0.5) is 0 Å². The largest absolute Gasteiger partial charge is 0.367 e. The fourth-order valence-electron chi connectivity index (χ4n) is 2.08. The third-order valence-corrected chi connectivity index (χ3v) is 3.38. The maximum Gasteiger partial charge on any atom is 0.247 e. The summed E-state index contributed by atoms with van der Waals surface area (Å²) < 4.78 is 0. The quantitative estimate of drug-likeness (QED) is 0.655. The summed E-state index contributed by atoms with van der Waals surface area (Å²) in [4.78, 5) is 37.1. The third-order valence-electron chi connectivity index (χ3n) is 3.38. The second kappa shape index (κ2) is 8.72. The molecule has 0 bridgehead atoms. The van der Waals surface area contributed by atoms with E-state index in [1.54, 1.807) is 6.92 Å². The predicted molar refractivity (Wildman–Crippen MR) is 78.9 cm³/mol. The Bertz CT molecular complexity index is 353. The molecule has 0 saturated carbocycles. The lowest BCUT2D eigenvalue weighted by Crippen LogP contribution is -2.52. The first kappa shape index (κ1) is 18.6. The highest BCUT2D eigenvalue weighted by Crippen LogP contribution is 2.15. The zero-order valence-corrected chi connectivity index (χ0v) is 13.3. The fourth-order valence-corrected chi connectivity index (χ4v) is 2.08. The Morgan fingerprint density at radius 1 is 1.15 bits per heavy atom. The van der Waals surface area contributed by atoms with E-state index in [0.29, 0.717) is 12.8 Å². The van der Waals surface area contributed by atoms with Gasteiger partial charge in [-0.15, -0.1) is 0 Å². The summed E-state index contributed by atoms with van der Waals surface area (Å²) in [5.41, 5.74) is 5.32. The molecule has 2 atom stereocenters. The summed E-state index contributed by atoms with van der Waals surface area (Å²) in [5, 5.41) is 0. The van der Waals surface area contributed by atoms with Crippen molar-refractivity contribution in [2.24, 2.45) is 17.6 Å². The van der Waals surface area contributed by atoms with E-state index in [1.165, 1.54) is 11.9 Å². The van der Waals surface area contributed by atoms with Crippen molar-refractivity contribution in [3.8, 4) is 0 Å². The molecule has 1 unspecified atom stereocenters. The van der Waals surface area contributed by atoms with E-state index >= 15 is 0 Å². The van der Waals surface area contributed by atoms with Crippen molar-refractivity contribution in [1.82, 2.24) is 4.90 Å². The molecule has 0 aromatic heterocycles. The van der Waals surface area contributed by atoms with Gasteiger partial charge in [0.15, 0.2) is 11.8 Å². The van der Waals surface area contributed by atoms with Gasteiger partial charge in [0.1, 0.15) is 0 Å². The average molecular weight is 284 g/mol. The summed E-state index contributed by atoms with van der Waals surface area (Å²) in [5.74, 6) is -1.32. The van der Waals surface area contributed by atoms with Crippen LogP contribution in [0.25, 0.3) is 0 Å². The number of amides is 2. The van der Waals surface area contributed by atoms with E-state index in [1.807, 2.05) is 20.8 Å². The van der Waals surface area contributed by atoms with E-state index in [-0.39, 0.29) is 23.5 Å². The van der Waals surface area contributed by atoms with Gasteiger partial charge in [-0.1, -0.05) is 40.5 Å². The fraction of sp³-hybridized carbons (Fsp3) is 0.800. The number of nitrogens with zero attached hydrogens (tertiary/aromatic N) is 1. The minimum Gasteiger partial charge on any atom is -0.367 e. The molecule has 0 aliphatic rings. The molecule has 20 heavy (non-hydrogen) atoms. The number of likely N-dealkylation sites (N-methyl/N-ethyl adjacent to an activating group) is 1. The number of unbranched alkanes of at least 4 members (excludes halogenated alkanes) is 1. The lowest BCUT2D eigenvalue weighted by Gasteiger charge is -2.27. The van der Waals surface area contributed by atoms with Gasteiger partial charge < -0.3 is 10.6 Å². The minimum absolute atomic E-state index is 0.172. The first-order valence-electron chi connectivity index (χ1n) is 7.31. The molecule has 2 N–H and O–H groups in total. The number of nitrogens with two attached hydrogens (primary N) is 1. The van der Waals surface area contributed by atoms with Crippen molar-refractivity contribution >= 4 is 17.6 Å². The maximum absolute atomic E-state index is 12.3. The molecule has 0 rings (SSSR count). The van der Waals surface area contributed by atoms with Crippen molar-refractivity contribution in [3.05, 3.63) is 0 Å². The highest BCUT2D eigenvalue weighted by atomic mass is 16.2. The van der Waals surface area contributed by atoms with Crippen LogP contribution in [0.15, 0.2) is 0 Å². The van der Waals surface area contributed by atoms with Gasteiger partial charge in [-0.3, -0.25) is 14.4 Å². The van der Waals surface area contributed by atoms with Crippen LogP contribution in [0.1, 0.15) is 53.4 Å². The molecular weight excluding hydrogens is 256 g/mol. The SMILES string of the molecule is CCCC[C@@H](C)C(=O)C(C(N)=O)N(C)C(=O)CC(C)C.